The summed E-state index contributed by atoms with van der Waals surface area (Å²) in [6, 6.07) is 9.32. The highest BCUT2D eigenvalue weighted by Gasteiger charge is 2.35. The van der Waals surface area contributed by atoms with Gasteiger partial charge >= 0.3 is 17.8 Å². The lowest BCUT2D eigenvalue weighted by atomic mass is 10.1. The number of methoxy groups -OCH3 is 1. The number of halogens is 5. The highest BCUT2D eigenvalue weighted by atomic mass is 35.5. The van der Waals surface area contributed by atoms with Crippen LogP contribution in [-0.2, 0) is 22.8 Å². The first kappa shape index (κ1) is 28.3. The number of aromatic nitrogens is 2. The normalized spacial score (nSPS) is 12.8. The first-order valence-corrected chi connectivity index (χ1v) is 11.0. The molecule has 1 heterocycles. The molecule has 0 saturated heterocycles. The van der Waals surface area contributed by atoms with E-state index in [2.05, 4.69) is 4.74 Å². The fourth-order valence-electron chi connectivity index (χ4n) is 3.33. The summed E-state index contributed by atoms with van der Waals surface area (Å²) < 4.78 is 70.1. The highest BCUT2D eigenvalue weighted by molar-refractivity contribution is 6.32. The van der Waals surface area contributed by atoms with E-state index in [0.717, 1.165) is 13.1 Å². The van der Waals surface area contributed by atoms with E-state index >= 15 is 0 Å². The van der Waals surface area contributed by atoms with E-state index < -0.39 is 52.8 Å². The van der Waals surface area contributed by atoms with E-state index in [4.69, 9.17) is 21.1 Å². The molecule has 0 aliphatic rings. The molecule has 38 heavy (non-hydrogen) atoms. The van der Waals surface area contributed by atoms with Gasteiger partial charge in [-0.15, -0.1) is 0 Å². The van der Waals surface area contributed by atoms with Gasteiger partial charge in [0.15, 0.2) is 6.10 Å². The van der Waals surface area contributed by atoms with E-state index in [1.165, 1.54) is 38.3 Å². The number of rotatable bonds is 7. The molecule has 0 amide bonds. The number of esters is 1. The second-order valence-corrected chi connectivity index (χ2v) is 8.16. The molecule has 9 nitrogen and oxygen atoms in total. The van der Waals surface area contributed by atoms with Crippen molar-refractivity contribution >= 4 is 17.6 Å². The SMILES string of the molecule is COC(=O)C(C)Oc1ccc(C(C#N)Oc2cc(-n3c(=O)cc(C(F)(F)F)n(C)c3=O)c(F)cc2Cl)cc1. The molecule has 0 bridgehead atoms. The largest absolute Gasteiger partial charge is 0.479 e. The third-order valence-corrected chi connectivity index (χ3v) is 5.54. The van der Waals surface area contributed by atoms with Gasteiger partial charge in [0, 0.05) is 24.7 Å². The highest BCUT2D eigenvalue weighted by Crippen LogP contribution is 2.33. The van der Waals surface area contributed by atoms with Crippen molar-refractivity contribution in [2.45, 2.75) is 25.3 Å². The standard InChI is InChI=1S/C24H18ClF4N3O6/c1-12(22(34)36-3)37-14-6-4-13(5-7-14)19(11-30)38-18-9-17(16(26)8-15(18)25)32-21(33)10-20(24(27,28)29)31(2)23(32)35/h4-10,12,19H,1-3H3. The first-order valence-electron chi connectivity index (χ1n) is 10.6. The molecule has 0 aliphatic carbocycles. The van der Waals surface area contributed by atoms with Crippen LogP contribution in [0.25, 0.3) is 5.69 Å². The summed E-state index contributed by atoms with van der Waals surface area (Å²) in [7, 11) is 1.98. The molecule has 0 aliphatic heterocycles. The van der Waals surface area contributed by atoms with Crippen molar-refractivity contribution in [2.24, 2.45) is 7.05 Å². The van der Waals surface area contributed by atoms with Gasteiger partial charge in [0.2, 0.25) is 6.10 Å². The Balaban J connectivity index is 1.97. The van der Waals surface area contributed by atoms with E-state index in [0.29, 0.717) is 6.07 Å². The zero-order chi connectivity index (χ0) is 28.4. The molecule has 0 N–H and O–H groups in total. The van der Waals surface area contributed by atoms with Gasteiger partial charge in [-0.25, -0.2) is 18.5 Å². The molecule has 200 valence electrons. The van der Waals surface area contributed by atoms with Crippen LogP contribution in [0, 0.1) is 17.1 Å². The molecular weight excluding hydrogens is 538 g/mol. The zero-order valence-electron chi connectivity index (χ0n) is 19.9. The second kappa shape index (κ2) is 11.0. The van der Waals surface area contributed by atoms with Crippen LogP contribution in [0.1, 0.15) is 24.3 Å². The number of nitrogens with zero attached hydrogens (tertiary/aromatic N) is 3. The molecule has 3 rings (SSSR count). The van der Waals surface area contributed by atoms with E-state index in [9.17, 15) is 37.2 Å². The van der Waals surface area contributed by atoms with Gasteiger partial charge in [0.1, 0.15) is 29.1 Å². The second-order valence-electron chi connectivity index (χ2n) is 7.76. The maximum atomic E-state index is 14.7. The minimum Gasteiger partial charge on any atom is -0.479 e. The van der Waals surface area contributed by atoms with Crippen molar-refractivity contribution in [2.75, 3.05) is 7.11 Å². The third kappa shape index (κ3) is 5.81. The van der Waals surface area contributed by atoms with Crippen molar-refractivity contribution in [1.29, 1.82) is 5.26 Å². The molecule has 2 atom stereocenters. The Kier molecular flexibility index (Phi) is 8.16. The number of alkyl halides is 3. The average Bonchev–Trinajstić information content (AvgIpc) is 2.86. The molecule has 0 fully saturated rings. The Bertz CT molecular complexity index is 1530. The van der Waals surface area contributed by atoms with Crippen molar-refractivity contribution in [1.82, 2.24) is 9.13 Å². The Morgan fingerprint density at radius 1 is 1.11 bits per heavy atom. The zero-order valence-corrected chi connectivity index (χ0v) is 20.6. The lowest BCUT2D eigenvalue weighted by Crippen LogP contribution is -2.41. The van der Waals surface area contributed by atoms with Crippen LogP contribution in [0.3, 0.4) is 0 Å². The minimum atomic E-state index is -5.00. The topological polar surface area (TPSA) is 113 Å². The maximum Gasteiger partial charge on any atom is 0.431 e. The van der Waals surface area contributed by atoms with Gasteiger partial charge in [-0.3, -0.25) is 9.36 Å². The summed E-state index contributed by atoms with van der Waals surface area (Å²) >= 11 is 6.04. The van der Waals surface area contributed by atoms with Gasteiger partial charge in [0.05, 0.1) is 17.8 Å². The summed E-state index contributed by atoms with van der Waals surface area (Å²) in [6.45, 7) is 1.48. The van der Waals surface area contributed by atoms with Crippen molar-refractivity contribution in [3.63, 3.8) is 0 Å². The van der Waals surface area contributed by atoms with Gasteiger partial charge in [-0.05, 0) is 25.1 Å². The number of hydrogen-bond acceptors (Lipinski definition) is 7. The fourth-order valence-corrected chi connectivity index (χ4v) is 3.53. The smallest absolute Gasteiger partial charge is 0.431 e. The summed E-state index contributed by atoms with van der Waals surface area (Å²) in [5.41, 5.74) is -4.88. The van der Waals surface area contributed by atoms with Crippen molar-refractivity contribution in [3.8, 4) is 23.3 Å². The molecule has 3 aromatic rings. The molecular formula is C24H18ClF4N3O6. The van der Waals surface area contributed by atoms with Crippen LogP contribution in [0.2, 0.25) is 5.02 Å². The predicted molar refractivity (Wildman–Crippen MR) is 125 cm³/mol. The van der Waals surface area contributed by atoms with Crippen LogP contribution >= 0.6 is 11.6 Å². The number of carbonyl (C=O) groups is 1. The van der Waals surface area contributed by atoms with Crippen molar-refractivity contribution < 1.29 is 36.6 Å². The summed E-state index contributed by atoms with van der Waals surface area (Å²) in [4.78, 5) is 36.5. The van der Waals surface area contributed by atoms with E-state index in [1.54, 1.807) is 0 Å². The van der Waals surface area contributed by atoms with Gasteiger partial charge in [-0.1, -0.05) is 23.7 Å². The molecule has 2 aromatic carbocycles. The van der Waals surface area contributed by atoms with Crippen LogP contribution in [-0.4, -0.2) is 28.3 Å². The Hall–Kier alpha value is -4.31. The average molecular weight is 556 g/mol. The molecule has 0 saturated carbocycles. The number of nitriles is 1. The van der Waals surface area contributed by atoms with Crippen LogP contribution in [0.5, 0.6) is 11.5 Å². The fraction of sp³-hybridized carbons (Fsp3) is 0.250. The Morgan fingerprint density at radius 3 is 2.29 bits per heavy atom. The number of hydrogen-bond donors (Lipinski definition) is 0. The van der Waals surface area contributed by atoms with Crippen LogP contribution < -0.4 is 20.7 Å². The summed E-state index contributed by atoms with van der Waals surface area (Å²) in [6.07, 6.45) is -7.23. The third-order valence-electron chi connectivity index (χ3n) is 5.24. The number of ether oxygens (including phenoxy) is 3. The first-order chi connectivity index (χ1) is 17.8. The summed E-state index contributed by atoms with van der Waals surface area (Å²) in [5, 5.41) is 9.29. The minimum absolute atomic E-state index is 0.152. The van der Waals surface area contributed by atoms with Crippen LogP contribution in [0.4, 0.5) is 17.6 Å². The lowest BCUT2D eigenvalue weighted by Gasteiger charge is -2.18. The van der Waals surface area contributed by atoms with Gasteiger partial charge < -0.3 is 14.2 Å². The molecule has 0 spiro atoms. The monoisotopic (exact) mass is 555 g/mol. The summed E-state index contributed by atoms with van der Waals surface area (Å²) in [5.74, 6) is -1.85. The van der Waals surface area contributed by atoms with E-state index in [1.807, 2.05) is 6.07 Å². The van der Waals surface area contributed by atoms with Gasteiger partial charge in [0.25, 0.3) is 5.56 Å². The van der Waals surface area contributed by atoms with E-state index in [-0.39, 0.29) is 37.3 Å². The van der Waals surface area contributed by atoms with Crippen LogP contribution in [0.15, 0.2) is 52.1 Å². The molecule has 14 heteroatoms. The maximum absolute atomic E-state index is 14.7. The Morgan fingerprint density at radius 2 is 1.74 bits per heavy atom. The molecule has 0 radical (unpaired) electrons. The number of carbonyl (C=O) groups excluding carboxylic acids is 1. The number of benzene rings is 2. The van der Waals surface area contributed by atoms with Gasteiger partial charge in [-0.2, -0.15) is 18.4 Å². The molecule has 2 unspecified atom stereocenters. The predicted octanol–water partition coefficient (Wildman–Crippen LogP) is 3.93. The lowest BCUT2D eigenvalue weighted by molar-refractivity contribution is -0.148. The molecule has 1 aromatic heterocycles. The Labute approximate surface area is 217 Å². The van der Waals surface area contributed by atoms with Crippen molar-refractivity contribution in [3.05, 3.63) is 85.4 Å². The quantitative estimate of drug-likeness (QED) is 0.321.